The van der Waals surface area contributed by atoms with Crippen LogP contribution in [0.5, 0.6) is 5.75 Å². The number of aliphatic carboxylic acids is 1. The van der Waals surface area contributed by atoms with Gasteiger partial charge in [-0.05, 0) is 51.0 Å². The molecule has 0 saturated heterocycles. The molecule has 0 aliphatic carbocycles. The smallest absolute Gasteiger partial charge is 0.328 e. The van der Waals surface area contributed by atoms with Crippen LogP contribution in [0.15, 0.2) is 30.4 Å². The number of carboxylic acid groups (broad SMARTS) is 1. The van der Waals surface area contributed by atoms with Crippen molar-refractivity contribution < 1.29 is 19.4 Å². The van der Waals surface area contributed by atoms with Gasteiger partial charge in [-0.1, -0.05) is 13.0 Å². The van der Waals surface area contributed by atoms with Crippen molar-refractivity contribution in [3.05, 3.63) is 41.5 Å². The molecule has 0 aromatic heterocycles. The van der Waals surface area contributed by atoms with Crippen LogP contribution in [0.25, 0.3) is 0 Å². The van der Waals surface area contributed by atoms with Gasteiger partial charge in [0, 0.05) is 6.08 Å². The summed E-state index contributed by atoms with van der Waals surface area (Å²) < 4.78 is 5.72. The number of hydrogen-bond donors (Lipinski definition) is 2. The monoisotopic (exact) mass is 330 g/mol. The molecule has 1 amide bonds. The number of benzene rings is 1. The van der Waals surface area contributed by atoms with Crippen LogP contribution in [0.3, 0.4) is 0 Å². The van der Waals surface area contributed by atoms with E-state index < -0.39 is 17.6 Å². The average Bonchev–Trinajstić information content (AvgIpc) is 2.49. The quantitative estimate of drug-likeness (QED) is 0.749. The molecule has 0 bridgehead atoms. The van der Waals surface area contributed by atoms with Crippen LogP contribution in [0.2, 0.25) is 0 Å². The molecule has 1 atom stereocenters. The Balaban J connectivity index is 2.86. The summed E-state index contributed by atoms with van der Waals surface area (Å²) in [5, 5.41) is 20.4. The molecule has 0 fully saturated rings. The van der Waals surface area contributed by atoms with Gasteiger partial charge in [0.25, 0.3) is 5.91 Å². The largest absolute Gasteiger partial charge is 0.481 e. The maximum Gasteiger partial charge on any atom is 0.328 e. The first-order chi connectivity index (χ1) is 11.2. The van der Waals surface area contributed by atoms with Gasteiger partial charge in [0.2, 0.25) is 0 Å². The molecule has 1 unspecified atom stereocenters. The van der Waals surface area contributed by atoms with Crippen molar-refractivity contribution in [2.24, 2.45) is 0 Å². The first-order valence-electron chi connectivity index (χ1n) is 7.59. The van der Waals surface area contributed by atoms with E-state index in [1.807, 2.05) is 19.9 Å². The predicted molar refractivity (Wildman–Crippen MR) is 89.6 cm³/mol. The third kappa shape index (κ3) is 6.13. The fraction of sp³-hybridized carbons (Fsp3) is 0.389. The molecule has 1 aromatic carbocycles. The van der Waals surface area contributed by atoms with Crippen LogP contribution in [0.1, 0.15) is 38.3 Å². The van der Waals surface area contributed by atoms with Crippen LogP contribution < -0.4 is 10.1 Å². The summed E-state index contributed by atoms with van der Waals surface area (Å²) in [7, 11) is 0. The standard InChI is InChI=1S/C18H22N2O4/c1-5-15(17(23)20-18(3,4)7-6-16(21)22)24-14-9-12(2)8-13(10-14)11-19/h6-10,15H,5H2,1-4H3,(H,20,23)(H,21,22)/b7-6+. The van der Waals surface area contributed by atoms with Crippen LogP contribution in [0, 0.1) is 18.3 Å². The average molecular weight is 330 g/mol. The fourth-order valence-electron chi connectivity index (χ4n) is 2.09. The molecule has 2 N–H and O–H groups in total. The van der Waals surface area contributed by atoms with Gasteiger partial charge in [0.1, 0.15) is 5.75 Å². The number of nitrogens with one attached hydrogen (secondary N) is 1. The first-order valence-corrected chi connectivity index (χ1v) is 7.59. The van der Waals surface area contributed by atoms with Crippen LogP contribution in [-0.4, -0.2) is 28.6 Å². The van der Waals surface area contributed by atoms with E-state index in [2.05, 4.69) is 5.32 Å². The number of carbonyl (C=O) groups is 2. The Hall–Kier alpha value is -2.81. The van der Waals surface area contributed by atoms with Crippen LogP contribution in [0.4, 0.5) is 0 Å². The Bertz CT molecular complexity index is 687. The van der Waals surface area contributed by atoms with E-state index in [-0.39, 0.29) is 5.91 Å². The molecule has 6 heteroatoms. The van der Waals surface area contributed by atoms with E-state index in [1.165, 1.54) is 6.08 Å². The van der Waals surface area contributed by atoms with Gasteiger partial charge in [0.15, 0.2) is 6.10 Å². The summed E-state index contributed by atoms with van der Waals surface area (Å²) >= 11 is 0. The second-order valence-electron chi connectivity index (χ2n) is 6.04. The van der Waals surface area contributed by atoms with E-state index in [1.54, 1.807) is 32.0 Å². The summed E-state index contributed by atoms with van der Waals surface area (Å²) in [5.74, 6) is -0.977. The highest BCUT2D eigenvalue weighted by Crippen LogP contribution is 2.19. The van der Waals surface area contributed by atoms with Crippen molar-refractivity contribution in [3.8, 4) is 11.8 Å². The first kappa shape index (κ1) is 19.2. The Morgan fingerprint density at radius 2 is 2.08 bits per heavy atom. The normalized spacial score (nSPS) is 12.5. The zero-order chi connectivity index (χ0) is 18.3. The van der Waals surface area contributed by atoms with Gasteiger partial charge in [0.05, 0.1) is 17.2 Å². The number of aryl methyl sites for hydroxylation is 1. The zero-order valence-corrected chi connectivity index (χ0v) is 14.3. The molecule has 1 rings (SSSR count). The molecule has 0 aliphatic heterocycles. The SMILES string of the molecule is CCC(Oc1cc(C)cc(C#N)c1)C(=O)NC(C)(C)/C=C/C(=O)O. The molecule has 128 valence electrons. The van der Waals surface area contributed by atoms with E-state index in [9.17, 15) is 9.59 Å². The number of ether oxygens (including phenoxy) is 1. The van der Waals surface area contributed by atoms with Gasteiger partial charge in [-0.2, -0.15) is 5.26 Å². The maximum absolute atomic E-state index is 12.4. The summed E-state index contributed by atoms with van der Waals surface area (Å²) in [6.45, 7) is 7.04. The second kappa shape index (κ2) is 8.16. The lowest BCUT2D eigenvalue weighted by molar-refractivity contribution is -0.132. The highest BCUT2D eigenvalue weighted by atomic mass is 16.5. The minimum atomic E-state index is -1.08. The summed E-state index contributed by atoms with van der Waals surface area (Å²) in [6, 6.07) is 7.12. The molecule has 24 heavy (non-hydrogen) atoms. The van der Waals surface area contributed by atoms with Crippen LogP contribution >= 0.6 is 0 Å². The minimum absolute atomic E-state index is 0.349. The fourth-order valence-corrected chi connectivity index (χ4v) is 2.09. The Labute approximate surface area is 141 Å². The Morgan fingerprint density at radius 3 is 2.62 bits per heavy atom. The van der Waals surface area contributed by atoms with Gasteiger partial charge >= 0.3 is 5.97 Å². The van der Waals surface area contributed by atoms with Crippen molar-refractivity contribution in [1.29, 1.82) is 5.26 Å². The number of carbonyl (C=O) groups excluding carboxylic acids is 1. The third-order valence-electron chi connectivity index (χ3n) is 3.21. The molecule has 1 aromatic rings. The van der Waals surface area contributed by atoms with Crippen molar-refractivity contribution in [2.75, 3.05) is 0 Å². The molecule has 0 spiro atoms. The van der Waals surface area contributed by atoms with Crippen molar-refractivity contribution >= 4 is 11.9 Å². The lowest BCUT2D eigenvalue weighted by Crippen LogP contribution is -2.48. The van der Waals surface area contributed by atoms with Crippen molar-refractivity contribution in [1.82, 2.24) is 5.32 Å². The highest BCUT2D eigenvalue weighted by Gasteiger charge is 2.24. The molecule has 6 nitrogen and oxygen atoms in total. The van der Waals surface area contributed by atoms with Crippen molar-refractivity contribution in [3.63, 3.8) is 0 Å². The van der Waals surface area contributed by atoms with Crippen molar-refractivity contribution in [2.45, 2.75) is 45.8 Å². The maximum atomic E-state index is 12.4. The van der Waals surface area contributed by atoms with Gasteiger partial charge < -0.3 is 15.2 Å². The predicted octanol–water partition coefficient (Wildman–Crippen LogP) is 2.56. The minimum Gasteiger partial charge on any atom is -0.481 e. The second-order valence-corrected chi connectivity index (χ2v) is 6.04. The van der Waals surface area contributed by atoms with E-state index >= 15 is 0 Å². The molecular weight excluding hydrogens is 308 g/mol. The van der Waals surface area contributed by atoms with E-state index in [0.29, 0.717) is 17.7 Å². The summed E-state index contributed by atoms with van der Waals surface area (Å²) in [5.41, 5.74) is 0.505. The number of hydrogen-bond acceptors (Lipinski definition) is 4. The number of nitrogens with zero attached hydrogens (tertiary/aromatic N) is 1. The summed E-state index contributed by atoms with van der Waals surface area (Å²) in [6.07, 6.45) is 2.08. The Morgan fingerprint density at radius 1 is 1.42 bits per heavy atom. The number of amides is 1. The number of rotatable bonds is 7. The van der Waals surface area contributed by atoms with Gasteiger partial charge in [-0.25, -0.2) is 4.79 Å². The Kier molecular flexibility index (Phi) is 6.54. The number of nitriles is 1. The molecule has 0 aliphatic rings. The lowest BCUT2D eigenvalue weighted by atomic mass is 10.0. The highest BCUT2D eigenvalue weighted by molar-refractivity contribution is 5.83. The van der Waals surface area contributed by atoms with Gasteiger partial charge in [-0.3, -0.25) is 4.79 Å². The molecule has 0 saturated carbocycles. The zero-order valence-electron chi connectivity index (χ0n) is 14.3. The van der Waals surface area contributed by atoms with E-state index in [4.69, 9.17) is 15.1 Å². The van der Waals surface area contributed by atoms with E-state index in [0.717, 1.165) is 11.6 Å². The van der Waals surface area contributed by atoms with Crippen LogP contribution in [-0.2, 0) is 9.59 Å². The molecule has 0 heterocycles. The summed E-state index contributed by atoms with van der Waals surface area (Å²) in [4.78, 5) is 23.0. The molecule has 0 radical (unpaired) electrons. The van der Waals surface area contributed by atoms with Gasteiger partial charge in [-0.15, -0.1) is 0 Å². The topological polar surface area (TPSA) is 99.4 Å². The third-order valence-corrected chi connectivity index (χ3v) is 3.21. The molecular formula is C18H22N2O4. The lowest BCUT2D eigenvalue weighted by Gasteiger charge is -2.26. The number of carboxylic acids is 1.